The van der Waals surface area contributed by atoms with Crippen molar-refractivity contribution in [3.63, 3.8) is 0 Å². The molecule has 5 nitrogen and oxygen atoms in total. The first-order valence-corrected chi connectivity index (χ1v) is 7.04. The Morgan fingerprint density at radius 2 is 1.73 bits per heavy atom. The summed E-state index contributed by atoms with van der Waals surface area (Å²) in [4.78, 5) is 12.0. The predicted molar refractivity (Wildman–Crippen MR) is 83.6 cm³/mol. The molecule has 5 heteroatoms. The molecule has 112 valence electrons. The van der Waals surface area contributed by atoms with Crippen LogP contribution >= 0.6 is 0 Å². The highest BCUT2D eigenvalue weighted by atomic mass is 16.6. The van der Waals surface area contributed by atoms with E-state index in [0.29, 0.717) is 30.2 Å². The number of carbonyl (C=O) groups excluding carboxylic acids is 1. The largest absolute Gasteiger partial charge is 0.486 e. The van der Waals surface area contributed by atoms with Crippen molar-refractivity contribution in [1.29, 1.82) is 0 Å². The maximum atomic E-state index is 12.0. The van der Waals surface area contributed by atoms with E-state index in [-0.39, 0.29) is 5.91 Å². The molecule has 2 aromatic carbocycles. The number of hydrogen-bond donors (Lipinski definition) is 1. The van der Waals surface area contributed by atoms with Gasteiger partial charge in [-0.1, -0.05) is 18.2 Å². The van der Waals surface area contributed by atoms with E-state index >= 15 is 0 Å². The van der Waals surface area contributed by atoms with Gasteiger partial charge in [0.15, 0.2) is 11.5 Å². The van der Waals surface area contributed by atoms with Gasteiger partial charge < -0.3 is 9.47 Å². The molecule has 0 unspecified atom stereocenters. The highest BCUT2D eigenvalue weighted by Gasteiger charge is 2.12. The van der Waals surface area contributed by atoms with E-state index in [9.17, 15) is 4.79 Å². The lowest BCUT2D eigenvalue weighted by molar-refractivity contribution is 0.0955. The number of hydrogen-bond acceptors (Lipinski definition) is 4. The first kappa shape index (κ1) is 14.1. The summed E-state index contributed by atoms with van der Waals surface area (Å²) in [6, 6.07) is 14.6. The molecule has 3 rings (SSSR count). The fourth-order valence-electron chi connectivity index (χ4n) is 2.12. The van der Waals surface area contributed by atoms with Crippen LogP contribution in [0.3, 0.4) is 0 Å². The minimum atomic E-state index is -0.238. The molecule has 0 spiro atoms. The van der Waals surface area contributed by atoms with Crippen LogP contribution in [-0.2, 0) is 0 Å². The monoisotopic (exact) mass is 296 g/mol. The fourth-order valence-corrected chi connectivity index (χ4v) is 2.12. The Labute approximate surface area is 128 Å². The summed E-state index contributed by atoms with van der Waals surface area (Å²) in [5.74, 6) is 1.20. The normalized spacial score (nSPS) is 13.6. The number of amides is 1. The van der Waals surface area contributed by atoms with Crippen molar-refractivity contribution in [2.45, 2.75) is 6.92 Å². The summed E-state index contributed by atoms with van der Waals surface area (Å²) < 4.78 is 11.0. The predicted octanol–water partition coefficient (Wildman–Crippen LogP) is 2.61. The molecule has 22 heavy (non-hydrogen) atoms. The molecule has 0 atom stereocenters. The Kier molecular flexibility index (Phi) is 4.05. The Hall–Kier alpha value is -2.82. The summed E-state index contributed by atoms with van der Waals surface area (Å²) >= 11 is 0. The smallest absolute Gasteiger partial charge is 0.271 e. The van der Waals surface area contributed by atoms with Crippen LogP contribution in [0.15, 0.2) is 53.6 Å². The van der Waals surface area contributed by atoms with Crippen LogP contribution in [0.1, 0.15) is 22.8 Å². The number of carbonyl (C=O) groups is 1. The van der Waals surface area contributed by atoms with Gasteiger partial charge >= 0.3 is 0 Å². The molecule has 1 N–H and O–H groups in total. The summed E-state index contributed by atoms with van der Waals surface area (Å²) in [5, 5.41) is 4.14. The quantitative estimate of drug-likeness (QED) is 0.699. The molecule has 0 bridgehead atoms. The Balaban J connectivity index is 1.73. The molecule has 1 aliphatic heterocycles. The van der Waals surface area contributed by atoms with E-state index in [1.165, 1.54) is 0 Å². The minimum absolute atomic E-state index is 0.238. The van der Waals surface area contributed by atoms with Crippen molar-refractivity contribution < 1.29 is 14.3 Å². The summed E-state index contributed by atoms with van der Waals surface area (Å²) in [6.07, 6.45) is 0. The van der Waals surface area contributed by atoms with Gasteiger partial charge in [0.25, 0.3) is 5.91 Å². The van der Waals surface area contributed by atoms with Gasteiger partial charge in [-0.3, -0.25) is 4.79 Å². The van der Waals surface area contributed by atoms with Gasteiger partial charge in [0.2, 0.25) is 0 Å². The Morgan fingerprint density at radius 1 is 1.00 bits per heavy atom. The number of fused-ring (bicyclic) bond motifs is 1. The van der Waals surface area contributed by atoms with E-state index in [1.807, 2.05) is 43.3 Å². The zero-order valence-electron chi connectivity index (χ0n) is 12.2. The lowest BCUT2D eigenvalue weighted by Gasteiger charge is -2.18. The third-order valence-corrected chi connectivity index (χ3v) is 3.32. The molecule has 0 saturated heterocycles. The Morgan fingerprint density at radius 3 is 2.50 bits per heavy atom. The lowest BCUT2D eigenvalue weighted by atomic mass is 10.1. The lowest BCUT2D eigenvalue weighted by Crippen LogP contribution is -2.19. The van der Waals surface area contributed by atoms with Crippen LogP contribution in [-0.4, -0.2) is 24.8 Å². The first-order chi connectivity index (χ1) is 10.7. The SMILES string of the molecule is C/C(=N\NC(=O)c1ccccc1)c1ccc2c(c1)OCCO2. The van der Waals surface area contributed by atoms with Gasteiger partial charge in [0.1, 0.15) is 13.2 Å². The second-order valence-electron chi connectivity index (χ2n) is 4.86. The van der Waals surface area contributed by atoms with Crippen LogP contribution in [0.25, 0.3) is 0 Å². The average molecular weight is 296 g/mol. The van der Waals surface area contributed by atoms with Gasteiger partial charge in [0.05, 0.1) is 5.71 Å². The Bertz CT molecular complexity index is 711. The number of nitrogens with one attached hydrogen (secondary N) is 1. The topological polar surface area (TPSA) is 59.9 Å². The van der Waals surface area contributed by atoms with Crippen molar-refractivity contribution in [2.75, 3.05) is 13.2 Å². The third-order valence-electron chi connectivity index (χ3n) is 3.32. The van der Waals surface area contributed by atoms with Crippen LogP contribution in [0.5, 0.6) is 11.5 Å². The first-order valence-electron chi connectivity index (χ1n) is 7.04. The molecular weight excluding hydrogens is 280 g/mol. The van der Waals surface area contributed by atoms with Gasteiger partial charge in [-0.15, -0.1) is 0 Å². The molecule has 1 amide bonds. The van der Waals surface area contributed by atoms with E-state index in [4.69, 9.17) is 9.47 Å². The highest BCUT2D eigenvalue weighted by molar-refractivity contribution is 6.01. The third kappa shape index (κ3) is 3.09. The van der Waals surface area contributed by atoms with Crippen LogP contribution in [0.4, 0.5) is 0 Å². The zero-order valence-corrected chi connectivity index (χ0v) is 12.2. The van der Waals surface area contributed by atoms with E-state index in [1.54, 1.807) is 12.1 Å². The second-order valence-corrected chi connectivity index (χ2v) is 4.86. The molecule has 1 heterocycles. The highest BCUT2D eigenvalue weighted by Crippen LogP contribution is 2.30. The summed E-state index contributed by atoms with van der Waals surface area (Å²) in [7, 11) is 0. The molecule has 1 aliphatic rings. The van der Waals surface area contributed by atoms with Gasteiger partial charge in [-0.25, -0.2) is 5.43 Å². The molecule has 0 fully saturated rings. The van der Waals surface area contributed by atoms with Crippen molar-refractivity contribution in [2.24, 2.45) is 5.10 Å². The van der Waals surface area contributed by atoms with Gasteiger partial charge in [-0.2, -0.15) is 5.10 Å². The van der Waals surface area contributed by atoms with Crippen molar-refractivity contribution in [3.05, 3.63) is 59.7 Å². The molecule has 0 aromatic heterocycles. The maximum absolute atomic E-state index is 12.0. The summed E-state index contributed by atoms with van der Waals surface area (Å²) in [5.41, 5.74) is 4.69. The molecule has 2 aromatic rings. The number of hydrazone groups is 1. The fraction of sp³-hybridized carbons (Fsp3) is 0.176. The molecular formula is C17H16N2O3. The zero-order chi connectivity index (χ0) is 15.4. The van der Waals surface area contributed by atoms with Crippen molar-refractivity contribution in [3.8, 4) is 11.5 Å². The van der Waals surface area contributed by atoms with Gasteiger partial charge in [0, 0.05) is 11.1 Å². The average Bonchev–Trinajstić information content (AvgIpc) is 2.59. The molecule has 0 saturated carbocycles. The van der Waals surface area contributed by atoms with Crippen LogP contribution < -0.4 is 14.9 Å². The van der Waals surface area contributed by atoms with E-state index in [0.717, 1.165) is 11.3 Å². The van der Waals surface area contributed by atoms with E-state index < -0.39 is 0 Å². The van der Waals surface area contributed by atoms with Gasteiger partial charge in [-0.05, 0) is 37.3 Å². The molecule has 0 radical (unpaired) electrons. The number of benzene rings is 2. The van der Waals surface area contributed by atoms with Crippen molar-refractivity contribution in [1.82, 2.24) is 5.43 Å². The molecule has 0 aliphatic carbocycles. The second kappa shape index (κ2) is 6.30. The number of rotatable bonds is 3. The summed E-state index contributed by atoms with van der Waals surface area (Å²) in [6.45, 7) is 2.93. The number of ether oxygens (including phenoxy) is 2. The standard InChI is InChI=1S/C17H16N2O3/c1-12(18-19-17(20)13-5-3-2-4-6-13)14-7-8-15-16(11-14)22-10-9-21-15/h2-8,11H,9-10H2,1H3,(H,19,20)/b18-12+. The number of nitrogens with zero attached hydrogens (tertiary/aromatic N) is 1. The van der Waals surface area contributed by atoms with Crippen molar-refractivity contribution >= 4 is 11.6 Å². The van der Waals surface area contributed by atoms with Crippen LogP contribution in [0.2, 0.25) is 0 Å². The minimum Gasteiger partial charge on any atom is -0.486 e. The van der Waals surface area contributed by atoms with Crippen LogP contribution in [0, 0.1) is 0 Å². The van der Waals surface area contributed by atoms with E-state index in [2.05, 4.69) is 10.5 Å². The maximum Gasteiger partial charge on any atom is 0.271 e.